The van der Waals surface area contributed by atoms with Gasteiger partial charge in [-0.15, -0.1) is 11.3 Å². The summed E-state index contributed by atoms with van der Waals surface area (Å²) in [5, 5.41) is 3.57. The van der Waals surface area contributed by atoms with Crippen molar-refractivity contribution in [2.75, 3.05) is 5.32 Å². The van der Waals surface area contributed by atoms with E-state index in [1.807, 2.05) is 67.6 Å². The lowest BCUT2D eigenvalue weighted by atomic mass is 10.0. The number of hydrogen-bond acceptors (Lipinski definition) is 4. The van der Waals surface area contributed by atoms with Crippen molar-refractivity contribution in [1.82, 2.24) is 9.55 Å². The van der Waals surface area contributed by atoms with Crippen LogP contribution in [-0.4, -0.2) is 15.5 Å². The van der Waals surface area contributed by atoms with Crippen LogP contribution in [0.2, 0.25) is 0 Å². The summed E-state index contributed by atoms with van der Waals surface area (Å²) in [4.78, 5) is 32.6. The van der Waals surface area contributed by atoms with Crippen molar-refractivity contribution in [2.45, 2.75) is 39.2 Å². The fourth-order valence-corrected chi connectivity index (χ4v) is 4.74. The third-order valence-corrected chi connectivity index (χ3v) is 6.49. The molecule has 0 fully saturated rings. The number of carbonyl (C=O) groups excluding carboxylic acids is 1. The van der Waals surface area contributed by atoms with Crippen LogP contribution in [0.5, 0.6) is 0 Å². The number of aromatic nitrogens is 2. The molecule has 4 aromatic rings. The molecule has 0 spiro atoms. The number of rotatable bonds is 6. The number of para-hydroxylation sites is 1. The van der Waals surface area contributed by atoms with E-state index in [9.17, 15) is 9.59 Å². The maximum atomic E-state index is 13.3. The van der Waals surface area contributed by atoms with E-state index in [2.05, 4.69) is 24.1 Å². The van der Waals surface area contributed by atoms with Gasteiger partial charge in [-0.1, -0.05) is 69.3 Å². The van der Waals surface area contributed by atoms with E-state index in [0.717, 1.165) is 21.7 Å². The van der Waals surface area contributed by atoms with E-state index in [4.69, 9.17) is 0 Å². The minimum atomic E-state index is -0.635. The summed E-state index contributed by atoms with van der Waals surface area (Å²) in [6.45, 7) is 6.08. The number of carbonyl (C=O) groups is 1. The first-order valence-corrected chi connectivity index (χ1v) is 11.3. The first-order chi connectivity index (χ1) is 15.0. The van der Waals surface area contributed by atoms with Gasteiger partial charge in [-0.2, -0.15) is 0 Å². The third-order valence-electron chi connectivity index (χ3n) is 5.40. The Morgan fingerprint density at radius 2 is 1.81 bits per heavy atom. The maximum Gasteiger partial charge on any atom is 0.262 e. The van der Waals surface area contributed by atoms with Gasteiger partial charge in [-0.05, 0) is 35.6 Å². The number of benzene rings is 2. The lowest BCUT2D eigenvalue weighted by molar-refractivity contribution is -0.119. The highest BCUT2D eigenvalue weighted by atomic mass is 32.1. The molecule has 6 heteroatoms. The Hall–Kier alpha value is -3.25. The molecule has 31 heavy (non-hydrogen) atoms. The summed E-state index contributed by atoms with van der Waals surface area (Å²) in [7, 11) is 0. The Labute approximate surface area is 185 Å². The van der Waals surface area contributed by atoms with Crippen molar-refractivity contribution >= 4 is 33.1 Å². The zero-order valence-corrected chi connectivity index (χ0v) is 18.6. The molecule has 1 N–H and O–H groups in total. The van der Waals surface area contributed by atoms with Crippen molar-refractivity contribution < 1.29 is 4.79 Å². The zero-order valence-electron chi connectivity index (χ0n) is 17.8. The Morgan fingerprint density at radius 3 is 2.52 bits per heavy atom. The number of hydrogen-bond donors (Lipinski definition) is 1. The van der Waals surface area contributed by atoms with Crippen LogP contribution in [0.3, 0.4) is 0 Å². The van der Waals surface area contributed by atoms with E-state index in [-0.39, 0.29) is 17.4 Å². The first kappa shape index (κ1) is 21.0. The number of nitrogens with one attached hydrogen (secondary N) is 1. The Balaban J connectivity index is 1.69. The predicted octanol–water partition coefficient (Wildman–Crippen LogP) is 5.84. The second kappa shape index (κ2) is 8.86. The Morgan fingerprint density at radius 1 is 1.10 bits per heavy atom. The predicted molar refractivity (Wildman–Crippen MR) is 128 cm³/mol. The minimum Gasteiger partial charge on any atom is -0.324 e. The van der Waals surface area contributed by atoms with E-state index in [1.54, 1.807) is 0 Å². The molecule has 2 heterocycles. The SMILES string of the molecule is CCC(C(=O)Nc1ccccc1C(C)C)n1cnc2sc(-c3ccccc3)cc2c1=O. The van der Waals surface area contributed by atoms with Gasteiger partial charge >= 0.3 is 0 Å². The highest BCUT2D eigenvalue weighted by molar-refractivity contribution is 7.21. The van der Waals surface area contributed by atoms with Crippen LogP contribution in [0.1, 0.15) is 44.7 Å². The summed E-state index contributed by atoms with van der Waals surface area (Å²) in [6, 6.07) is 18.9. The molecule has 0 radical (unpaired) electrons. The molecule has 1 amide bonds. The molecular weight excluding hydrogens is 406 g/mol. The maximum absolute atomic E-state index is 13.3. The van der Waals surface area contributed by atoms with E-state index in [0.29, 0.717) is 16.6 Å². The third kappa shape index (κ3) is 4.16. The molecule has 2 aromatic heterocycles. The fraction of sp³-hybridized carbons (Fsp3) is 0.240. The number of thiophene rings is 1. The van der Waals surface area contributed by atoms with Crippen LogP contribution in [0.4, 0.5) is 5.69 Å². The molecule has 4 rings (SSSR count). The van der Waals surface area contributed by atoms with Crippen LogP contribution in [0.25, 0.3) is 20.7 Å². The molecular formula is C25H25N3O2S. The molecule has 5 nitrogen and oxygen atoms in total. The summed E-state index contributed by atoms with van der Waals surface area (Å²) in [6.07, 6.45) is 1.98. The second-order valence-electron chi connectivity index (χ2n) is 7.81. The van der Waals surface area contributed by atoms with Gasteiger partial charge < -0.3 is 5.32 Å². The Kier molecular flexibility index (Phi) is 6.00. The lowest BCUT2D eigenvalue weighted by Crippen LogP contribution is -2.33. The molecule has 0 saturated carbocycles. The highest BCUT2D eigenvalue weighted by Gasteiger charge is 2.23. The Bertz CT molecular complexity index is 1270. The van der Waals surface area contributed by atoms with Crippen molar-refractivity contribution in [1.29, 1.82) is 0 Å². The van der Waals surface area contributed by atoms with Crippen LogP contribution < -0.4 is 10.9 Å². The molecule has 0 saturated heterocycles. The van der Waals surface area contributed by atoms with Gasteiger partial charge in [0.1, 0.15) is 10.9 Å². The average molecular weight is 432 g/mol. The van der Waals surface area contributed by atoms with Gasteiger partial charge in [0.2, 0.25) is 5.91 Å². The first-order valence-electron chi connectivity index (χ1n) is 10.5. The second-order valence-corrected chi connectivity index (χ2v) is 8.84. The number of fused-ring (bicyclic) bond motifs is 1. The largest absolute Gasteiger partial charge is 0.324 e. The van der Waals surface area contributed by atoms with E-state index < -0.39 is 6.04 Å². The van der Waals surface area contributed by atoms with Crippen molar-refractivity contribution in [3.63, 3.8) is 0 Å². The summed E-state index contributed by atoms with van der Waals surface area (Å²) in [5.74, 6) is 0.0666. The van der Waals surface area contributed by atoms with E-state index >= 15 is 0 Å². The molecule has 158 valence electrons. The molecule has 0 bridgehead atoms. The summed E-state index contributed by atoms with van der Waals surface area (Å²) in [5.41, 5.74) is 2.70. The normalized spacial score (nSPS) is 12.3. The number of anilines is 1. The molecule has 1 atom stereocenters. The van der Waals surface area contributed by atoms with Crippen LogP contribution in [0, 0.1) is 0 Å². The standard InChI is InChI=1S/C25H25N3O2S/c1-4-21(23(29)27-20-13-9-8-12-18(20)16(2)3)28-15-26-24-19(25(28)30)14-22(31-24)17-10-6-5-7-11-17/h5-16,21H,4H2,1-3H3,(H,27,29). The smallest absolute Gasteiger partial charge is 0.262 e. The van der Waals surface area contributed by atoms with Gasteiger partial charge in [0.05, 0.1) is 11.7 Å². The van der Waals surface area contributed by atoms with Gasteiger partial charge in [0.15, 0.2) is 0 Å². The molecule has 0 aliphatic rings. The van der Waals surface area contributed by atoms with Crippen molar-refractivity contribution in [3.8, 4) is 10.4 Å². The van der Waals surface area contributed by atoms with Crippen LogP contribution >= 0.6 is 11.3 Å². The van der Waals surface area contributed by atoms with Crippen molar-refractivity contribution in [2.24, 2.45) is 0 Å². The molecule has 1 unspecified atom stereocenters. The zero-order chi connectivity index (χ0) is 22.0. The molecule has 2 aromatic carbocycles. The topological polar surface area (TPSA) is 64.0 Å². The summed E-state index contributed by atoms with van der Waals surface area (Å²) < 4.78 is 1.46. The lowest BCUT2D eigenvalue weighted by Gasteiger charge is -2.19. The minimum absolute atomic E-state index is 0.192. The molecule has 0 aliphatic heterocycles. The fourth-order valence-electron chi connectivity index (χ4n) is 3.74. The monoisotopic (exact) mass is 431 g/mol. The van der Waals surface area contributed by atoms with Gasteiger partial charge in [0.25, 0.3) is 5.56 Å². The number of nitrogens with zero attached hydrogens (tertiary/aromatic N) is 2. The van der Waals surface area contributed by atoms with Crippen molar-refractivity contribution in [3.05, 3.63) is 82.9 Å². The summed E-state index contributed by atoms with van der Waals surface area (Å²) >= 11 is 1.48. The average Bonchev–Trinajstić information content (AvgIpc) is 3.22. The van der Waals surface area contributed by atoms with Crippen LogP contribution in [-0.2, 0) is 4.79 Å². The van der Waals surface area contributed by atoms with Gasteiger partial charge in [-0.25, -0.2) is 4.98 Å². The molecule has 0 aliphatic carbocycles. The quantitative estimate of drug-likeness (QED) is 0.417. The van der Waals surface area contributed by atoms with E-state index in [1.165, 1.54) is 22.2 Å². The van der Waals surface area contributed by atoms with Gasteiger partial charge in [-0.3, -0.25) is 14.2 Å². The van der Waals surface area contributed by atoms with Crippen LogP contribution in [0.15, 0.2) is 71.8 Å². The highest BCUT2D eigenvalue weighted by Crippen LogP contribution is 2.31. The van der Waals surface area contributed by atoms with Gasteiger partial charge in [0, 0.05) is 10.6 Å². The number of amides is 1.